The lowest BCUT2D eigenvalue weighted by Gasteiger charge is -2.64. The second-order valence-electron chi connectivity index (χ2n) is 11.7. The highest BCUT2D eigenvalue weighted by Gasteiger charge is 2.64. The van der Waals surface area contributed by atoms with Crippen molar-refractivity contribution in [1.82, 2.24) is 0 Å². The maximum atomic E-state index is 11.7. The molecule has 0 heterocycles. The Balaban J connectivity index is 1.67. The maximum absolute atomic E-state index is 11.7. The highest BCUT2D eigenvalue weighted by atomic mass is 16.3. The van der Waals surface area contributed by atoms with E-state index >= 15 is 0 Å². The van der Waals surface area contributed by atoms with Crippen LogP contribution >= 0.6 is 0 Å². The van der Waals surface area contributed by atoms with Gasteiger partial charge in [0, 0.05) is 0 Å². The zero-order chi connectivity index (χ0) is 20.3. The molecule has 0 saturated heterocycles. The van der Waals surface area contributed by atoms with Crippen LogP contribution in [0, 0.1) is 52.3 Å². The molecule has 6 unspecified atom stereocenters. The molecule has 0 aromatic rings. The van der Waals surface area contributed by atoms with Crippen molar-refractivity contribution >= 4 is 0 Å². The van der Waals surface area contributed by atoms with Crippen LogP contribution in [0.5, 0.6) is 0 Å². The van der Waals surface area contributed by atoms with Crippen LogP contribution in [0.25, 0.3) is 0 Å². The first kappa shape index (κ1) is 21.1. The zero-order valence-corrected chi connectivity index (χ0v) is 18.7. The van der Waals surface area contributed by atoms with Crippen LogP contribution < -0.4 is 5.73 Å². The van der Waals surface area contributed by atoms with E-state index in [1.165, 1.54) is 25.7 Å². The molecular weight excluding hydrogens is 346 g/mol. The lowest BCUT2D eigenvalue weighted by Crippen LogP contribution is -2.62. The molecule has 4 rings (SSSR count). The third kappa shape index (κ3) is 2.94. The Hall–Kier alpha value is -0.120. The lowest BCUT2D eigenvalue weighted by molar-refractivity contribution is -0.203. The highest BCUT2D eigenvalue weighted by molar-refractivity contribution is 5.13. The van der Waals surface area contributed by atoms with E-state index in [9.17, 15) is 10.2 Å². The third-order valence-corrected chi connectivity index (χ3v) is 10.8. The molecule has 28 heavy (non-hydrogen) atoms. The maximum Gasteiger partial charge on any atom is 0.0605 e. The predicted molar refractivity (Wildman–Crippen MR) is 115 cm³/mol. The molecule has 0 aromatic heterocycles. The number of hydrogen-bond donors (Lipinski definition) is 3. The van der Waals surface area contributed by atoms with Crippen molar-refractivity contribution in [2.75, 3.05) is 6.54 Å². The molecule has 4 saturated carbocycles. The van der Waals surface area contributed by atoms with Gasteiger partial charge in [0.25, 0.3) is 0 Å². The summed E-state index contributed by atoms with van der Waals surface area (Å²) in [7, 11) is 0. The Morgan fingerprint density at radius 3 is 2.32 bits per heavy atom. The fourth-order valence-corrected chi connectivity index (χ4v) is 9.40. The van der Waals surface area contributed by atoms with Gasteiger partial charge in [0.1, 0.15) is 0 Å². The van der Waals surface area contributed by atoms with Gasteiger partial charge in [0.05, 0.1) is 12.2 Å². The molecule has 0 aromatic carbocycles. The Morgan fingerprint density at radius 1 is 0.964 bits per heavy atom. The fourth-order valence-electron chi connectivity index (χ4n) is 9.40. The van der Waals surface area contributed by atoms with Crippen molar-refractivity contribution in [2.45, 2.75) is 97.7 Å². The molecule has 4 aliphatic carbocycles. The van der Waals surface area contributed by atoms with Crippen LogP contribution in [0.1, 0.15) is 85.5 Å². The van der Waals surface area contributed by atoms with Crippen molar-refractivity contribution in [3.05, 3.63) is 0 Å². The summed E-state index contributed by atoms with van der Waals surface area (Å²) in [6.45, 7) is 10.6. The van der Waals surface area contributed by atoms with Gasteiger partial charge in [0.15, 0.2) is 0 Å². The standard InChI is InChI=1S/C25H45NO2/c1-5-17-21-14-16(27)8-11-25(21,4)20-9-12-24(3)18(15(2)10-13-26)6-7-19(24)22(20)23(17)28/h15-23,27-28H,5-14,26H2,1-4H3/t15-,16-,17-,18?,19+,20?,21?,22?,23-,24?,25?/m1/s1. The number of hydrogen-bond acceptors (Lipinski definition) is 3. The van der Waals surface area contributed by atoms with Gasteiger partial charge in [-0.1, -0.05) is 34.1 Å². The predicted octanol–water partition coefficient (Wildman–Crippen LogP) is 4.60. The van der Waals surface area contributed by atoms with E-state index in [-0.39, 0.29) is 12.2 Å². The zero-order valence-electron chi connectivity index (χ0n) is 18.7. The summed E-state index contributed by atoms with van der Waals surface area (Å²) in [6, 6.07) is 0. The Kier molecular flexibility index (Phi) is 5.69. The van der Waals surface area contributed by atoms with Crippen LogP contribution in [0.2, 0.25) is 0 Å². The van der Waals surface area contributed by atoms with Gasteiger partial charge in [0.2, 0.25) is 0 Å². The highest BCUT2D eigenvalue weighted by Crippen LogP contribution is 2.69. The first-order valence-corrected chi connectivity index (χ1v) is 12.3. The van der Waals surface area contributed by atoms with Crippen molar-refractivity contribution in [3.8, 4) is 0 Å². The summed E-state index contributed by atoms with van der Waals surface area (Å²) in [6.07, 6.45) is 10.1. The van der Waals surface area contributed by atoms with Gasteiger partial charge in [-0.3, -0.25) is 0 Å². The van der Waals surface area contributed by atoms with Gasteiger partial charge in [-0.2, -0.15) is 0 Å². The molecule has 0 aliphatic heterocycles. The molecule has 4 fully saturated rings. The van der Waals surface area contributed by atoms with E-state index in [2.05, 4.69) is 27.7 Å². The van der Waals surface area contributed by atoms with Gasteiger partial charge in [-0.05, 0) is 110 Å². The molecule has 0 bridgehead atoms. The summed E-state index contributed by atoms with van der Waals surface area (Å²) in [5, 5.41) is 22.1. The SMILES string of the molecule is CC[C@@H]1C2C[C@H](O)CCC2(C)C2CCC3(C)C([C@H](C)CCN)CC[C@H]3C2[C@@H]1O. The molecule has 11 atom stereocenters. The molecular formula is C25H45NO2. The van der Waals surface area contributed by atoms with E-state index in [0.29, 0.717) is 46.3 Å². The van der Waals surface area contributed by atoms with Crippen molar-refractivity contribution in [3.63, 3.8) is 0 Å². The van der Waals surface area contributed by atoms with E-state index in [4.69, 9.17) is 5.73 Å². The minimum Gasteiger partial charge on any atom is -0.393 e. The number of aliphatic hydroxyl groups is 2. The minimum absolute atomic E-state index is 0.155. The first-order valence-electron chi connectivity index (χ1n) is 12.3. The summed E-state index contributed by atoms with van der Waals surface area (Å²) in [5.74, 6) is 4.12. The molecule has 3 heteroatoms. The van der Waals surface area contributed by atoms with Gasteiger partial charge < -0.3 is 15.9 Å². The second-order valence-corrected chi connectivity index (χ2v) is 11.7. The quantitative estimate of drug-likeness (QED) is 0.656. The number of aliphatic hydroxyl groups excluding tert-OH is 2. The van der Waals surface area contributed by atoms with Gasteiger partial charge >= 0.3 is 0 Å². The first-order chi connectivity index (χ1) is 13.3. The second kappa shape index (κ2) is 7.54. The Bertz CT molecular complexity index is 567. The van der Waals surface area contributed by atoms with Crippen LogP contribution in [0.4, 0.5) is 0 Å². The smallest absolute Gasteiger partial charge is 0.0605 e. The van der Waals surface area contributed by atoms with E-state index in [0.717, 1.165) is 44.6 Å². The minimum atomic E-state index is -0.174. The summed E-state index contributed by atoms with van der Waals surface area (Å²) >= 11 is 0. The lowest BCUT2D eigenvalue weighted by atomic mass is 9.41. The average Bonchev–Trinajstić information content (AvgIpc) is 3.01. The van der Waals surface area contributed by atoms with E-state index < -0.39 is 0 Å². The Morgan fingerprint density at radius 2 is 1.64 bits per heavy atom. The normalized spacial score (nSPS) is 54.5. The molecule has 162 valence electrons. The molecule has 0 radical (unpaired) electrons. The number of nitrogens with two attached hydrogens (primary N) is 1. The van der Waals surface area contributed by atoms with E-state index in [1.54, 1.807) is 0 Å². The van der Waals surface area contributed by atoms with Crippen molar-refractivity contribution < 1.29 is 10.2 Å². The van der Waals surface area contributed by atoms with E-state index in [1.807, 2.05) is 0 Å². The van der Waals surface area contributed by atoms with Gasteiger partial charge in [-0.25, -0.2) is 0 Å². The third-order valence-electron chi connectivity index (χ3n) is 10.8. The molecule has 0 amide bonds. The van der Waals surface area contributed by atoms with Crippen LogP contribution in [0.3, 0.4) is 0 Å². The Labute approximate surface area is 172 Å². The summed E-state index contributed by atoms with van der Waals surface area (Å²) in [5.41, 5.74) is 6.61. The monoisotopic (exact) mass is 391 g/mol. The molecule has 4 aliphatic rings. The largest absolute Gasteiger partial charge is 0.393 e. The molecule has 4 N–H and O–H groups in total. The number of rotatable bonds is 4. The van der Waals surface area contributed by atoms with Crippen LogP contribution in [0.15, 0.2) is 0 Å². The van der Waals surface area contributed by atoms with Crippen LogP contribution in [-0.2, 0) is 0 Å². The van der Waals surface area contributed by atoms with Gasteiger partial charge in [-0.15, -0.1) is 0 Å². The van der Waals surface area contributed by atoms with Crippen molar-refractivity contribution in [1.29, 1.82) is 0 Å². The van der Waals surface area contributed by atoms with Crippen molar-refractivity contribution in [2.24, 2.45) is 58.0 Å². The average molecular weight is 392 g/mol. The van der Waals surface area contributed by atoms with Crippen LogP contribution in [-0.4, -0.2) is 29.0 Å². The summed E-state index contributed by atoms with van der Waals surface area (Å²) < 4.78 is 0. The molecule has 3 nitrogen and oxygen atoms in total. The topological polar surface area (TPSA) is 66.5 Å². The summed E-state index contributed by atoms with van der Waals surface area (Å²) in [4.78, 5) is 0. The molecule has 0 spiro atoms. The fraction of sp³-hybridized carbons (Fsp3) is 1.00. The number of fused-ring (bicyclic) bond motifs is 5.